The number of hydrogen-bond donors (Lipinski definition) is 2. The number of nitrogens with zero attached hydrogens (tertiary/aromatic N) is 2. The van der Waals surface area contributed by atoms with Crippen molar-refractivity contribution in [3.05, 3.63) is 41.5 Å². The van der Waals surface area contributed by atoms with Gasteiger partial charge in [0.05, 0.1) is 19.6 Å². The predicted octanol–water partition coefficient (Wildman–Crippen LogP) is 2.07. The first-order valence-electron chi connectivity index (χ1n) is 7.91. The van der Waals surface area contributed by atoms with Crippen LogP contribution in [0.3, 0.4) is 0 Å². The average molecular weight is 369 g/mol. The summed E-state index contributed by atoms with van der Waals surface area (Å²) in [5.41, 5.74) is 0.953. The molecule has 2 aromatic rings. The summed E-state index contributed by atoms with van der Waals surface area (Å²) in [5.74, 6) is 1.81. The SMILES string of the molecule is CNC(C)Cc1noc(CC(NC(C)=O)c2ccc(OC)cc2)n1.Cl. The highest BCUT2D eigenvalue weighted by Crippen LogP contribution is 2.21. The molecule has 0 spiro atoms. The number of rotatable bonds is 8. The lowest BCUT2D eigenvalue weighted by Gasteiger charge is -2.16. The molecule has 2 unspecified atom stereocenters. The van der Waals surface area contributed by atoms with Crippen molar-refractivity contribution >= 4 is 18.3 Å². The fourth-order valence-corrected chi connectivity index (χ4v) is 2.34. The van der Waals surface area contributed by atoms with Gasteiger partial charge in [-0.25, -0.2) is 0 Å². The number of aromatic nitrogens is 2. The summed E-state index contributed by atoms with van der Waals surface area (Å²) in [6.07, 6.45) is 1.13. The van der Waals surface area contributed by atoms with E-state index in [9.17, 15) is 4.79 Å². The van der Waals surface area contributed by atoms with Gasteiger partial charge in [0.2, 0.25) is 11.8 Å². The maximum atomic E-state index is 11.5. The number of halogens is 1. The third kappa shape index (κ3) is 6.36. The fraction of sp³-hybridized carbons (Fsp3) is 0.471. The molecule has 1 heterocycles. The first-order chi connectivity index (χ1) is 11.5. The van der Waals surface area contributed by atoms with Gasteiger partial charge in [-0.3, -0.25) is 4.79 Å². The second-order valence-electron chi connectivity index (χ2n) is 5.73. The van der Waals surface area contributed by atoms with E-state index in [0.717, 1.165) is 11.3 Å². The molecule has 138 valence electrons. The number of methoxy groups -OCH3 is 1. The number of carbonyl (C=O) groups is 1. The largest absolute Gasteiger partial charge is 0.497 e. The van der Waals surface area contributed by atoms with Crippen LogP contribution in [0.1, 0.15) is 37.2 Å². The van der Waals surface area contributed by atoms with Gasteiger partial charge in [0.15, 0.2) is 5.82 Å². The standard InChI is InChI=1S/C17H24N4O3.ClH/c1-11(18-3)9-16-20-17(24-21-16)10-15(19-12(2)22)13-5-7-14(23-4)8-6-13;/h5-8,11,15,18H,9-10H2,1-4H3,(H,19,22);1H. The molecule has 0 radical (unpaired) electrons. The smallest absolute Gasteiger partial charge is 0.229 e. The van der Waals surface area contributed by atoms with Gasteiger partial charge in [-0.15, -0.1) is 12.4 Å². The van der Waals surface area contributed by atoms with Crippen molar-refractivity contribution in [1.29, 1.82) is 0 Å². The molecule has 0 aliphatic carbocycles. The Morgan fingerprint density at radius 2 is 1.96 bits per heavy atom. The zero-order valence-corrected chi connectivity index (χ0v) is 15.7. The van der Waals surface area contributed by atoms with Crippen molar-refractivity contribution in [2.75, 3.05) is 14.2 Å². The van der Waals surface area contributed by atoms with E-state index in [-0.39, 0.29) is 30.4 Å². The van der Waals surface area contributed by atoms with Crippen LogP contribution in [0.2, 0.25) is 0 Å². The maximum absolute atomic E-state index is 11.5. The summed E-state index contributed by atoms with van der Waals surface area (Å²) < 4.78 is 10.5. The van der Waals surface area contributed by atoms with Crippen molar-refractivity contribution in [2.24, 2.45) is 0 Å². The number of likely N-dealkylation sites (N-methyl/N-ethyl adjacent to an activating group) is 1. The molecule has 25 heavy (non-hydrogen) atoms. The van der Waals surface area contributed by atoms with Crippen LogP contribution >= 0.6 is 12.4 Å². The van der Waals surface area contributed by atoms with Crippen LogP contribution in [-0.2, 0) is 17.6 Å². The van der Waals surface area contributed by atoms with Crippen LogP contribution in [0.25, 0.3) is 0 Å². The molecule has 1 amide bonds. The minimum Gasteiger partial charge on any atom is -0.497 e. The molecule has 0 saturated heterocycles. The molecule has 1 aromatic carbocycles. The zero-order valence-electron chi connectivity index (χ0n) is 14.9. The molecule has 7 nitrogen and oxygen atoms in total. The van der Waals surface area contributed by atoms with Crippen LogP contribution in [0.15, 0.2) is 28.8 Å². The second-order valence-corrected chi connectivity index (χ2v) is 5.73. The third-order valence-electron chi connectivity index (χ3n) is 3.77. The Morgan fingerprint density at radius 1 is 1.28 bits per heavy atom. The number of carbonyl (C=O) groups excluding carboxylic acids is 1. The number of amides is 1. The van der Waals surface area contributed by atoms with Gasteiger partial charge in [-0.1, -0.05) is 17.3 Å². The lowest BCUT2D eigenvalue weighted by atomic mass is 10.0. The van der Waals surface area contributed by atoms with Crippen molar-refractivity contribution in [3.8, 4) is 5.75 Å². The quantitative estimate of drug-likeness (QED) is 0.741. The van der Waals surface area contributed by atoms with Gasteiger partial charge in [0, 0.05) is 19.4 Å². The highest BCUT2D eigenvalue weighted by molar-refractivity contribution is 5.85. The summed E-state index contributed by atoms with van der Waals surface area (Å²) in [5, 5.41) is 10.1. The summed E-state index contributed by atoms with van der Waals surface area (Å²) in [6.45, 7) is 3.54. The van der Waals surface area contributed by atoms with E-state index >= 15 is 0 Å². The van der Waals surface area contributed by atoms with Gasteiger partial charge in [-0.05, 0) is 31.7 Å². The summed E-state index contributed by atoms with van der Waals surface area (Å²) in [7, 11) is 3.51. The van der Waals surface area contributed by atoms with E-state index in [0.29, 0.717) is 24.6 Å². The van der Waals surface area contributed by atoms with Gasteiger partial charge in [0.25, 0.3) is 0 Å². The number of ether oxygens (including phenoxy) is 1. The summed E-state index contributed by atoms with van der Waals surface area (Å²) in [4.78, 5) is 15.9. The van der Waals surface area contributed by atoms with E-state index in [4.69, 9.17) is 9.26 Å². The molecule has 0 saturated carbocycles. The van der Waals surface area contributed by atoms with Crippen LogP contribution in [0.5, 0.6) is 5.75 Å². The normalized spacial score (nSPS) is 12.8. The highest BCUT2D eigenvalue weighted by atomic mass is 35.5. The van der Waals surface area contributed by atoms with E-state index < -0.39 is 0 Å². The second kappa shape index (κ2) is 10.0. The number of hydrogen-bond acceptors (Lipinski definition) is 6. The molecule has 2 atom stereocenters. The van der Waals surface area contributed by atoms with Crippen molar-refractivity contribution in [3.63, 3.8) is 0 Å². The highest BCUT2D eigenvalue weighted by Gasteiger charge is 2.18. The van der Waals surface area contributed by atoms with Crippen LogP contribution in [0.4, 0.5) is 0 Å². The number of nitrogens with one attached hydrogen (secondary N) is 2. The van der Waals surface area contributed by atoms with Crippen LogP contribution < -0.4 is 15.4 Å². The van der Waals surface area contributed by atoms with Gasteiger partial charge in [-0.2, -0.15) is 4.98 Å². The van der Waals surface area contributed by atoms with E-state index in [2.05, 4.69) is 20.8 Å². The lowest BCUT2D eigenvalue weighted by molar-refractivity contribution is -0.119. The maximum Gasteiger partial charge on any atom is 0.229 e. The molecule has 2 N–H and O–H groups in total. The Labute approximate surface area is 153 Å². The van der Waals surface area contributed by atoms with Crippen LogP contribution in [0, 0.1) is 0 Å². The molecular formula is C17H25ClN4O3. The monoisotopic (exact) mass is 368 g/mol. The molecule has 1 aromatic heterocycles. The third-order valence-corrected chi connectivity index (χ3v) is 3.77. The molecule has 0 aliphatic heterocycles. The molecule has 2 rings (SSSR count). The van der Waals surface area contributed by atoms with Gasteiger partial charge >= 0.3 is 0 Å². The topological polar surface area (TPSA) is 89.3 Å². The van der Waals surface area contributed by atoms with E-state index in [1.807, 2.05) is 38.2 Å². The van der Waals surface area contributed by atoms with E-state index in [1.165, 1.54) is 6.92 Å². The first kappa shape index (κ1) is 20.9. The van der Waals surface area contributed by atoms with E-state index in [1.54, 1.807) is 7.11 Å². The van der Waals surface area contributed by atoms with Crippen molar-refractivity contribution in [2.45, 2.75) is 38.8 Å². The van der Waals surface area contributed by atoms with Gasteiger partial charge < -0.3 is 19.9 Å². The lowest BCUT2D eigenvalue weighted by Crippen LogP contribution is -2.27. The Bertz CT molecular complexity index is 660. The average Bonchev–Trinajstić information content (AvgIpc) is 3.00. The Kier molecular flexibility index (Phi) is 8.37. The minimum absolute atomic E-state index is 0. The Hall–Kier alpha value is -2.12. The molecule has 0 fully saturated rings. The molecule has 0 bridgehead atoms. The first-order valence-corrected chi connectivity index (χ1v) is 7.91. The molecule has 8 heteroatoms. The molecular weight excluding hydrogens is 344 g/mol. The van der Waals surface area contributed by atoms with Crippen molar-refractivity contribution in [1.82, 2.24) is 20.8 Å². The summed E-state index contributed by atoms with van der Waals surface area (Å²) >= 11 is 0. The zero-order chi connectivity index (χ0) is 17.5. The van der Waals surface area contributed by atoms with Gasteiger partial charge in [0.1, 0.15) is 5.75 Å². The Balaban J connectivity index is 0.00000312. The Morgan fingerprint density at radius 3 is 2.52 bits per heavy atom. The minimum atomic E-state index is -0.233. The predicted molar refractivity (Wildman–Crippen MR) is 97.0 cm³/mol. The fourth-order valence-electron chi connectivity index (χ4n) is 2.34. The molecule has 0 aliphatic rings. The van der Waals surface area contributed by atoms with Crippen molar-refractivity contribution < 1.29 is 14.1 Å². The summed E-state index contributed by atoms with van der Waals surface area (Å²) in [6, 6.07) is 7.59. The number of benzene rings is 1. The van der Waals surface area contributed by atoms with Crippen LogP contribution in [-0.4, -0.2) is 36.2 Å².